The van der Waals surface area contributed by atoms with Gasteiger partial charge >= 0.3 is 0 Å². The predicted molar refractivity (Wildman–Crippen MR) is 304 cm³/mol. The number of benzene rings is 8. The first-order chi connectivity index (χ1) is 36.7. The monoisotopic (exact) mass is 944 g/mol. The molecule has 0 radical (unpaired) electrons. The average molecular weight is 945 g/mol. The zero-order valence-electron chi connectivity index (χ0n) is 40.1. The van der Waals surface area contributed by atoms with Crippen molar-refractivity contribution in [3.05, 3.63) is 267 Å². The Kier molecular flexibility index (Phi) is 10.4. The summed E-state index contributed by atoms with van der Waals surface area (Å²) in [4.78, 5) is 19.1. The molecule has 0 fully saturated rings. The molecule has 0 bridgehead atoms. The van der Waals surface area contributed by atoms with Gasteiger partial charge in [-0.05, 0) is 155 Å². The highest BCUT2D eigenvalue weighted by atomic mass is 15.0. The van der Waals surface area contributed by atoms with Crippen LogP contribution in [0.1, 0.15) is 0 Å². The van der Waals surface area contributed by atoms with Crippen LogP contribution >= 0.6 is 0 Å². The van der Waals surface area contributed by atoms with Gasteiger partial charge in [0.1, 0.15) is 0 Å². The number of nitrogens with zero attached hydrogens (tertiary/aromatic N) is 6. The number of rotatable bonds is 9. The Labute approximate surface area is 427 Å². The van der Waals surface area contributed by atoms with Gasteiger partial charge in [0.05, 0.1) is 44.8 Å². The third-order valence-corrected chi connectivity index (χ3v) is 14.2. The van der Waals surface area contributed by atoms with Crippen LogP contribution in [0.2, 0.25) is 0 Å². The summed E-state index contributed by atoms with van der Waals surface area (Å²) in [5.74, 6) is 0. The van der Waals surface area contributed by atoms with E-state index in [1.807, 2.05) is 36.7 Å². The van der Waals surface area contributed by atoms with Crippen molar-refractivity contribution in [1.82, 2.24) is 29.1 Å². The zero-order valence-corrected chi connectivity index (χ0v) is 40.1. The molecule has 6 heteroatoms. The topological polar surface area (TPSA) is 61.4 Å². The van der Waals surface area contributed by atoms with Crippen LogP contribution in [0.5, 0.6) is 0 Å². The van der Waals surface area contributed by atoms with Crippen LogP contribution in [0, 0.1) is 0 Å². The first-order valence-electron chi connectivity index (χ1n) is 24.9. The van der Waals surface area contributed by atoms with Gasteiger partial charge in [0.25, 0.3) is 0 Å². The van der Waals surface area contributed by atoms with E-state index in [2.05, 4.69) is 237 Å². The third kappa shape index (κ3) is 7.44. The summed E-state index contributed by atoms with van der Waals surface area (Å²) < 4.78 is 4.94. The molecule has 6 heterocycles. The molecule has 14 rings (SSSR count). The van der Waals surface area contributed by atoms with Gasteiger partial charge in [0.2, 0.25) is 0 Å². The van der Waals surface area contributed by atoms with E-state index in [0.717, 1.165) is 112 Å². The summed E-state index contributed by atoms with van der Waals surface area (Å²) in [7, 11) is 0. The molecule has 6 aromatic heterocycles. The Morgan fingerprint density at radius 3 is 1.23 bits per heavy atom. The van der Waals surface area contributed by atoms with Crippen LogP contribution in [0.3, 0.4) is 0 Å². The average Bonchev–Trinajstić information content (AvgIpc) is 4.04. The van der Waals surface area contributed by atoms with Gasteiger partial charge in [-0.25, -0.2) is 9.97 Å². The first-order valence-corrected chi connectivity index (χ1v) is 24.9. The fourth-order valence-corrected chi connectivity index (χ4v) is 10.9. The molecule has 346 valence electrons. The molecule has 0 unspecified atom stereocenters. The molecule has 0 amide bonds. The molecule has 0 aliphatic heterocycles. The van der Waals surface area contributed by atoms with Gasteiger partial charge in [-0.15, -0.1) is 0 Å². The standard InChI is InChI=1S/C68H44N6/c1-3-23-54(24-4-1)73-64-33-9-7-27-56(64)59-42-58(66-57-28-8-10-34-65(57)74(68(66)67(59)73)55-25-5-2-6-26-55)53-40-51(45-17-11-19-47(37-45)60-29-13-31-62(71-60)49-21-15-35-69-43-49)39-52(41-53)46-18-12-20-48(38-46)61-30-14-32-63(72-61)50-22-16-36-70-44-50/h1-44H. The van der Waals surface area contributed by atoms with Gasteiger partial charge < -0.3 is 9.13 Å². The third-order valence-electron chi connectivity index (χ3n) is 14.2. The van der Waals surface area contributed by atoms with Crippen LogP contribution in [0.15, 0.2) is 267 Å². The van der Waals surface area contributed by atoms with Crippen LogP contribution in [-0.4, -0.2) is 29.1 Å². The molecule has 0 aliphatic rings. The van der Waals surface area contributed by atoms with E-state index >= 15 is 0 Å². The van der Waals surface area contributed by atoms with Gasteiger partial charge in [-0.1, -0.05) is 121 Å². The van der Waals surface area contributed by atoms with Crippen molar-refractivity contribution in [2.24, 2.45) is 0 Å². The summed E-state index contributed by atoms with van der Waals surface area (Å²) >= 11 is 0. The molecule has 0 N–H and O–H groups in total. The second kappa shape index (κ2) is 18.0. The van der Waals surface area contributed by atoms with Crippen molar-refractivity contribution in [2.45, 2.75) is 0 Å². The van der Waals surface area contributed by atoms with Crippen LogP contribution < -0.4 is 0 Å². The Bertz CT molecular complexity index is 4260. The summed E-state index contributed by atoms with van der Waals surface area (Å²) in [6.07, 6.45) is 7.31. The summed E-state index contributed by atoms with van der Waals surface area (Å²) in [5, 5.41) is 4.75. The highest BCUT2D eigenvalue weighted by Crippen LogP contribution is 2.48. The van der Waals surface area contributed by atoms with E-state index in [0.29, 0.717) is 0 Å². The Balaban J connectivity index is 1.05. The van der Waals surface area contributed by atoms with Crippen molar-refractivity contribution < 1.29 is 0 Å². The number of hydrogen-bond acceptors (Lipinski definition) is 4. The molecular formula is C68H44N6. The van der Waals surface area contributed by atoms with Crippen molar-refractivity contribution in [1.29, 1.82) is 0 Å². The quantitative estimate of drug-likeness (QED) is 0.145. The van der Waals surface area contributed by atoms with E-state index in [-0.39, 0.29) is 0 Å². The molecule has 0 spiro atoms. The molecular weight excluding hydrogens is 901 g/mol. The minimum absolute atomic E-state index is 0.883. The molecule has 6 nitrogen and oxygen atoms in total. The van der Waals surface area contributed by atoms with Crippen molar-refractivity contribution in [3.8, 4) is 89.8 Å². The lowest BCUT2D eigenvalue weighted by molar-refractivity contribution is 1.15. The molecule has 0 saturated carbocycles. The number of para-hydroxylation sites is 4. The maximum Gasteiger partial charge on any atom is 0.0795 e. The molecule has 74 heavy (non-hydrogen) atoms. The van der Waals surface area contributed by atoms with Crippen molar-refractivity contribution in [2.75, 3.05) is 0 Å². The second-order valence-corrected chi connectivity index (χ2v) is 18.7. The van der Waals surface area contributed by atoms with Gasteiger partial charge in [-0.2, -0.15) is 0 Å². The highest BCUT2D eigenvalue weighted by molar-refractivity contribution is 6.28. The van der Waals surface area contributed by atoms with Crippen LogP contribution in [0.4, 0.5) is 0 Å². The molecule has 0 aliphatic carbocycles. The lowest BCUT2D eigenvalue weighted by atomic mass is 9.89. The summed E-state index contributed by atoms with van der Waals surface area (Å²) in [5.41, 5.74) is 21.0. The van der Waals surface area contributed by atoms with E-state index in [9.17, 15) is 0 Å². The number of aromatic nitrogens is 6. The maximum absolute atomic E-state index is 5.16. The van der Waals surface area contributed by atoms with E-state index in [1.54, 1.807) is 12.4 Å². The van der Waals surface area contributed by atoms with Crippen molar-refractivity contribution >= 4 is 43.6 Å². The van der Waals surface area contributed by atoms with Gasteiger partial charge in [0.15, 0.2) is 0 Å². The first kappa shape index (κ1) is 42.8. The lowest BCUT2D eigenvalue weighted by Gasteiger charge is -2.16. The number of hydrogen-bond donors (Lipinski definition) is 0. The zero-order chi connectivity index (χ0) is 49.0. The molecule has 14 aromatic rings. The smallest absolute Gasteiger partial charge is 0.0795 e. The minimum atomic E-state index is 0.883. The Hall–Kier alpha value is -10.0. The fourth-order valence-electron chi connectivity index (χ4n) is 10.9. The van der Waals surface area contributed by atoms with Crippen LogP contribution in [-0.2, 0) is 0 Å². The summed E-state index contributed by atoms with van der Waals surface area (Å²) in [6, 6.07) is 86.9. The lowest BCUT2D eigenvalue weighted by Crippen LogP contribution is -1.99. The largest absolute Gasteiger partial charge is 0.307 e. The van der Waals surface area contributed by atoms with E-state index < -0.39 is 0 Å². The molecule has 8 aromatic carbocycles. The molecule has 0 saturated heterocycles. The Morgan fingerprint density at radius 1 is 0.270 bits per heavy atom. The van der Waals surface area contributed by atoms with E-state index in [4.69, 9.17) is 9.97 Å². The number of fused-ring (bicyclic) bond motifs is 7. The molecule has 0 atom stereocenters. The summed E-state index contributed by atoms with van der Waals surface area (Å²) in [6.45, 7) is 0. The normalized spacial score (nSPS) is 11.5. The fraction of sp³-hybridized carbons (Fsp3) is 0. The number of pyridine rings is 4. The second-order valence-electron chi connectivity index (χ2n) is 18.7. The predicted octanol–water partition coefficient (Wildman–Crippen LogP) is 17.1. The van der Waals surface area contributed by atoms with Gasteiger partial charge in [-0.3, -0.25) is 9.97 Å². The minimum Gasteiger partial charge on any atom is -0.307 e. The van der Waals surface area contributed by atoms with E-state index in [1.165, 1.54) is 21.5 Å². The Morgan fingerprint density at radius 2 is 0.689 bits per heavy atom. The maximum atomic E-state index is 5.16. The van der Waals surface area contributed by atoms with Crippen molar-refractivity contribution in [3.63, 3.8) is 0 Å². The highest BCUT2D eigenvalue weighted by Gasteiger charge is 2.25. The van der Waals surface area contributed by atoms with Crippen LogP contribution in [0.25, 0.3) is 133 Å². The SMILES string of the molecule is c1ccc(-n2c3ccccc3c3cc(-c4cc(-c5cccc(-c6cccc(-c7cccnc7)n6)c5)cc(-c5cccc(-c6cccc(-c7cccnc7)n6)c5)c4)c4c5ccccc5n(-c5ccccc5)c4c32)cc1. The van der Waals surface area contributed by atoms with Gasteiger partial charge in [0, 0.05) is 80.0 Å².